The number of nitrogens with zero attached hydrogens (tertiary/aromatic N) is 3. The lowest BCUT2D eigenvalue weighted by Gasteiger charge is -2.12. The molecule has 2 saturated carbocycles. The van der Waals surface area contributed by atoms with Gasteiger partial charge in [-0.15, -0.1) is 10.2 Å². The highest BCUT2D eigenvalue weighted by atomic mass is 32.2. The first-order valence-electron chi connectivity index (χ1n) is 7.12. The minimum atomic E-state index is -0.917. The number of carbonyl (C=O) groups is 1. The predicted molar refractivity (Wildman–Crippen MR) is 74.0 cm³/mol. The monoisotopic (exact) mass is 297 g/mol. The van der Waals surface area contributed by atoms with Gasteiger partial charge >= 0.3 is 5.97 Å². The third-order valence-electron chi connectivity index (χ3n) is 3.55. The first-order valence-corrected chi connectivity index (χ1v) is 8.11. The van der Waals surface area contributed by atoms with Crippen LogP contribution in [-0.4, -0.2) is 44.3 Å². The summed E-state index contributed by atoms with van der Waals surface area (Å²) in [4.78, 5) is 11.1. The van der Waals surface area contributed by atoms with Gasteiger partial charge in [-0.25, -0.2) is 4.79 Å². The summed E-state index contributed by atoms with van der Waals surface area (Å²) in [6.07, 6.45) is 3.98. The third kappa shape index (κ3) is 2.98. The summed E-state index contributed by atoms with van der Waals surface area (Å²) < 4.78 is 7.46. The van der Waals surface area contributed by atoms with Gasteiger partial charge in [-0.1, -0.05) is 11.8 Å². The SMILES string of the molecule is CCOC(CSc1nnc(C2CC2)n1C1CC1)C(=O)O. The van der Waals surface area contributed by atoms with Gasteiger partial charge < -0.3 is 14.4 Å². The standard InChI is InChI=1S/C13H19N3O3S/c1-2-19-10(12(17)18)7-20-13-15-14-11(8-3-4-8)16(13)9-5-6-9/h8-10H,2-7H2,1H3,(H,17,18). The van der Waals surface area contributed by atoms with Crippen LogP contribution >= 0.6 is 11.8 Å². The number of hydrogen-bond donors (Lipinski definition) is 1. The van der Waals surface area contributed by atoms with Gasteiger partial charge in [0.05, 0.1) is 0 Å². The van der Waals surface area contributed by atoms with Crippen molar-refractivity contribution in [2.75, 3.05) is 12.4 Å². The molecule has 110 valence electrons. The minimum Gasteiger partial charge on any atom is -0.479 e. The molecule has 6 nitrogen and oxygen atoms in total. The number of ether oxygens (including phenoxy) is 1. The molecule has 1 aromatic rings. The van der Waals surface area contributed by atoms with Crippen LogP contribution in [0, 0.1) is 0 Å². The second kappa shape index (κ2) is 5.73. The summed E-state index contributed by atoms with van der Waals surface area (Å²) in [5, 5.41) is 18.5. The van der Waals surface area contributed by atoms with E-state index in [9.17, 15) is 4.79 Å². The number of aliphatic carboxylic acids is 1. The zero-order valence-corrected chi connectivity index (χ0v) is 12.3. The second-order valence-corrected chi connectivity index (χ2v) is 6.30. The zero-order chi connectivity index (χ0) is 14.1. The number of aromatic nitrogens is 3. The molecule has 0 aromatic carbocycles. The molecule has 0 spiro atoms. The van der Waals surface area contributed by atoms with Crippen molar-refractivity contribution < 1.29 is 14.6 Å². The Morgan fingerprint density at radius 1 is 1.45 bits per heavy atom. The van der Waals surface area contributed by atoms with E-state index >= 15 is 0 Å². The van der Waals surface area contributed by atoms with E-state index < -0.39 is 12.1 Å². The number of rotatable bonds is 8. The lowest BCUT2D eigenvalue weighted by atomic mass is 10.4. The average molecular weight is 297 g/mol. The van der Waals surface area contributed by atoms with Crippen LogP contribution in [0.15, 0.2) is 5.16 Å². The van der Waals surface area contributed by atoms with E-state index in [4.69, 9.17) is 9.84 Å². The number of carboxylic acids is 1. The molecule has 7 heteroatoms. The molecule has 1 N–H and O–H groups in total. The van der Waals surface area contributed by atoms with Crippen molar-refractivity contribution in [3.8, 4) is 0 Å². The van der Waals surface area contributed by atoms with E-state index in [1.807, 2.05) is 0 Å². The maximum Gasteiger partial charge on any atom is 0.333 e. The van der Waals surface area contributed by atoms with Crippen LogP contribution in [0.5, 0.6) is 0 Å². The Balaban J connectivity index is 1.69. The Morgan fingerprint density at radius 2 is 2.20 bits per heavy atom. The van der Waals surface area contributed by atoms with E-state index in [2.05, 4.69) is 14.8 Å². The van der Waals surface area contributed by atoms with Gasteiger partial charge in [0, 0.05) is 24.3 Å². The van der Waals surface area contributed by atoms with Crippen molar-refractivity contribution in [1.29, 1.82) is 0 Å². The number of thioether (sulfide) groups is 1. The fourth-order valence-corrected chi connectivity index (χ4v) is 3.24. The molecule has 20 heavy (non-hydrogen) atoms. The largest absolute Gasteiger partial charge is 0.479 e. The third-order valence-corrected chi connectivity index (χ3v) is 4.56. The van der Waals surface area contributed by atoms with Gasteiger partial charge in [0.1, 0.15) is 5.82 Å². The summed E-state index contributed by atoms with van der Waals surface area (Å²) >= 11 is 1.44. The van der Waals surface area contributed by atoms with Crippen molar-refractivity contribution in [3.63, 3.8) is 0 Å². The summed E-state index contributed by atoms with van der Waals surface area (Å²) in [7, 11) is 0. The van der Waals surface area contributed by atoms with Crippen LogP contribution in [0.2, 0.25) is 0 Å². The fraction of sp³-hybridized carbons (Fsp3) is 0.769. The molecule has 2 fully saturated rings. The molecular weight excluding hydrogens is 278 g/mol. The zero-order valence-electron chi connectivity index (χ0n) is 11.5. The molecule has 2 aliphatic rings. The van der Waals surface area contributed by atoms with Crippen molar-refractivity contribution in [1.82, 2.24) is 14.8 Å². The Labute approximate surface area is 121 Å². The van der Waals surface area contributed by atoms with Crippen molar-refractivity contribution in [2.45, 2.75) is 55.8 Å². The summed E-state index contributed by atoms with van der Waals surface area (Å²) in [5.74, 6) is 1.12. The Bertz CT molecular complexity index is 497. The molecular formula is C13H19N3O3S. The molecule has 1 aromatic heterocycles. The van der Waals surface area contributed by atoms with Gasteiger partial charge in [-0.05, 0) is 32.6 Å². The van der Waals surface area contributed by atoms with Crippen LogP contribution in [-0.2, 0) is 9.53 Å². The smallest absolute Gasteiger partial charge is 0.333 e. The van der Waals surface area contributed by atoms with Crippen LogP contribution in [0.25, 0.3) is 0 Å². The van der Waals surface area contributed by atoms with Crippen LogP contribution < -0.4 is 0 Å². The molecule has 0 amide bonds. The molecule has 2 aliphatic carbocycles. The van der Waals surface area contributed by atoms with E-state index in [1.54, 1.807) is 6.92 Å². The van der Waals surface area contributed by atoms with E-state index in [1.165, 1.54) is 37.4 Å². The molecule has 1 unspecified atom stereocenters. The van der Waals surface area contributed by atoms with Gasteiger partial charge in [0.25, 0.3) is 0 Å². The van der Waals surface area contributed by atoms with Crippen LogP contribution in [0.3, 0.4) is 0 Å². The molecule has 3 rings (SSSR count). The van der Waals surface area contributed by atoms with Crippen molar-refractivity contribution >= 4 is 17.7 Å². The van der Waals surface area contributed by atoms with Gasteiger partial charge in [-0.2, -0.15) is 0 Å². The Morgan fingerprint density at radius 3 is 2.75 bits per heavy atom. The van der Waals surface area contributed by atoms with Crippen molar-refractivity contribution in [2.24, 2.45) is 0 Å². The minimum absolute atomic E-state index is 0.374. The first-order chi connectivity index (χ1) is 9.70. The summed E-state index contributed by atoms with van der Waals surface area (Å²) in [5.41, 5.74) is 0. The maximum atomic E-state index is 11.1. The van der Waals surface area contributed by atoms with E-state index in [0.29, 0.717) is 24.3 Å². The lowest BCUT2D eigenvalue weighted by Crippen LogP contribution is -2.26. The fourth-order valence-electron chi connectivity index (χ4n) is 2.22. The van der Waals surface area contributed by atoms with Crippen LogP contribution in [0.1, 0.15) is 50.4 Å². The highest BCUT2D eigenvalue weighted by Gasteiger charge is 2.36. The first kappa shape index (κ1) is 13.9. The normalized spacial score (nSPS) is 20.1. The maximum absolute atomic E-state index is 11.1. The topological polar surface area (TPSA) is 77.2 Å². The van der Waals surface area contributed by atoms with E-state index in [-0.39, 0.29) is 0 Å². The molecule has 1 heterocycles. The number of hydrogen-bond acceptors (Lipinski definition) is 5. The van der Waals surface area contributed by atoms with Crippen molar-refractivity contribution in [3.05, 3.63) is 5.82 Å². The average Bonchev–Trinajstić information content (AvgIpc) is 3.33. The quantitative estimate of drug-likeness (QED) is 0.740. The highest BCUT2D eigenvalue weighted by molar-refractivity contribution is 7.99. The molecule has 0 bridgehead atoms. The Kier molecular flexibility index (Phi) is 3.98. The highest BCUT2D eigenvalue weighted by Crippen LogP contribution is 2.46. The van der Waals surface area contributed by atoms with Gasteiger partial charge in [0.15, 0.2) is 11.3 Å². The van der Waals surface area contributed by atoms with Gasteiger partial charge in [-0.3, -0.25) is 0 Å². The van der Waals surface area contributed by atoms with Gasteiger partial charge in [0.2, 0.25) is 0 Å². The number of carboxylic acid groups (broad SMARTS) is 1. The van der Waals surface area contributed by atoms with E-state index in [0.717, 1.165) is 11.0 Å². The molecule has 0 saturated heterocycles. The Hall–Kier alpha value is -1.08. The lowest BCUT2D eigenvalue weighted by molar-refractivity contribution is -0.148. The summed E-state index contributed by atoms with van der Waals surface area (Å²) in [6.45, 7) is 2.21. The predicted octanol–water partition coefficient (Wildman–Crippen LogP) is 2.07. The molecule has 0 radical (unpaired) electrons. The molecule has 0 aliphatic heterocycles. The summed E-state index contributed by atoms with van der Waals surface area (Å²) in [6, 6.07) is 0.526. The van der Waals surface area contributed by atoms with Crippen LogP contribution in [0.4, 0.5) is 0 Å². The second-order valence-electron chi connectivity index (χ2n) is 5.31. The molecule has 1 atom stereocenters.